The maximum atomic E-state index is 12.1. The molecule has 0 saturated heterocycles. The number of nitrogens with two attached hydrogens (primary N) is 1. The molecular weight excluding hydrogens is 280 g/mol. The third-order valence-corrected chi connectivity index (χ3v) is 3.20. The second-order valence-corrected chi connectivity index (χ2v) is 4.63. The molecule has 0 unspecified atom stereocenters. The van der Waals surface area contributed by atoms with Crippen LogP contribution in [0.25, 0.3) is 16.7 Å². The number of hydrogen-bond acceptors (Lipinski definition) is 3. The summed E-state index contributed by atoms with van der Waals surface area (Å²) in [5.74, 6) is -0.771. The van der Waals surface area contributed by atoms with Gasteiger partial charge < -0.3 is 10.7 Å². The minimum Gasteiger partial charge on any atom is -0.365 e. The van der Waals surface area contributed by atoms with Gasteiger partial charge in [0.2, 0.25) is 5.43 Å². The number of carbonyl (C=O) groups is 1. The number of aromatic nitrogens is 3. The number of pyridine rings is 1. The molecule has 2 heterocycles. The maximum absolute atomic E-state index is 12.1. The van der Waals surface area contributed by atoms with E-state index in [0.717, 1.165) is 5.69 Å². The highest BCUT2D eigenvalue weighted by atomic mass is 35.5. The number of H-pyrrole nitrogens is 1. The highest BCUT2D eigenvalue weighted by Gasteiger charge is 2.13. The summed E-state index contributed by atoms with van der Waals surface area (Å²) >= 11 is 5.83. The van der Waals surface area contributed by atoms with Crippen LogP contribution in [0.2, 0.25) is 5.02 Å². The van der Waals surface area contributed by atoms with Gasteiger partial charge in [-0.15, -0.1) is 0 Å². The Kier molecular flexibility index (Phi) is 2.80. The fraction of sp³-hybridized carbons (Fsp3) is 0. The molecule has 3 rings (SSSR count). The number of nitrogens with zero attached hydrogens (tertiary/aromatic N) is 2. The lowest BCUT2D eigenvalue weighted by atomic mass is 10.2. The molecular formula is C13H9ClN4O2. The number of halogens is 1. The largest absolute Gasteiger partial charge is 0.365 e. The first-order valence-electron chi connectivity index (χ1n) is 5.73. The fourth-order valence-electron chi connectivity index (χ4n) is 1.97. The first kappa shape index (κ1) is 12.4. The molecule has 0 aliphatic rings. The van der Waals surface area contributed by atoms with Gasteiger partial charge in [-0.2, -0.15) is 5.10 Å². The number of nitrogens with one attached hydrogen (secondary N) is 1. The van der Waals surface area contributed by atoms with Crippen LogP contribution in [-0.4, -0.2) is 20.7 Å². The summed E-state index contributed by atoms with van der Waals surface area (Å²) in [6.45, 7) is 0. The molecule has 0 radical (unpaired) electrons. The Balaban J connectivity index is 2.25. The molecule has 0 aliphatic heterocycles. The van der Waals surface area contributed by atoms with Crippen LogP contribution in [0.15, 0.2) is 41.5 Å². The zero-order chi connectivity index (χ0) is 14.3. The van der Waals surface area contributed by atoms with Gasteiger partial charge in [-0.25, -0.2) is 4.68 Å². The number of carbonyl (C=O) groups excluding carboxylic acids is 1. The Labute approximate surface area is 117 Å². The van der Waals surface area contributed by atoms with Gasteiger partial charge in [-0.1, -0.05) is 11.6 Å². The van der Waals surface area contributed by atoms with Gasteiger partial charge >= 0.3 is 0 Å². The van der Waals surface area contributed by atoms with Crippen LogP contribution < -0.4 is 11.2 Å². The SMILES string of the molecule is NC(=O)c1c[nH]c2c(cnn2-c2ccc(Cl)cc2)c1=O. The Bertz CT molecular complexity index is 864. The van der Waals surface area contributed by atoms with Gasteiger partial charge in [-0.05, 0) is 24.3 Å². The van der Waals surface area contributed by atoms with Crippen LogP contribution in [0.4, 0.5) is 0 Å². The van der Waals surface area contributed by atoms with Crippen molar-refractivity contribution in [3.05, 3.63) is 57.5 Å². The standard InChI is InChI=1S/C13H9ClN4O2/c14-7-1-3-8(4-2-7)18-13-10(6-17-18)11(19)9(5-16-13)12(15)20/h1-6H,(H2,15,20)(H,16,19). The Morgan fingerprint density at radius 2 is 2.00 bits per heavy atom. The molecule has 3 N–H and O–H groups in total. The van der Waals surface area contributed by atoms with Gasteiger partial charge in [0.15, 0.2) is 0 Å². The van der Waals surface area contributed by atoms with Crippen molar-refractivity contribution in [2.45, 2.75) is 0 Å². The fourth-order valence-corrected chi connectivity index (χ4v) is 2.09. The summed E-state index contributed by atoms with van der Waals surface area (Å²) in [4.78, 5) is 26.1. The molecule has 100 valence electrons. The van der Waals surface area contributed by atoms with E-state index < -0.39 is 11.3 Å². The molecule has 20 heavy (non-hydrogen) atoms. The zero-order valence-electron chi connectivity index (χ0n) is 10.1. The molecule has 2 aromatic heterocycles. The van der Waals surface area contributed by atoms with E-state index >= 15 is 0 Å². The summed E-state index contributed by atoms with van der Waals surface area (Å²) in [5.41, 5.74) is 5.84. The molecule has 0 atom stereocenters. The predicted molar refractivity (Wildman–Crippen MR) is 75.2 cm³/mol. The van der Waals surface area contributed by atoms with Gasteiger partial charge in [0.05, 0.1) is 17.3 Å². The smallest absolute Gasteiger partial charge is 0.254 e. The predicted octanol–water partition coefficient (Wildman–Crippen LogP) is 1.47. The molecule has 1 amide bonds. The van der Waals surface area contributed by atoms with Crippen LogP contribution in [0.1, 0.15) is 10.4 Å². The molecule has 7 heteroatoms. The molecule has 0 fully saturated rings. The third-order valence-electron chi connectivity index (χ3n) is 2.95. The molecule has 0 bridgehead atoms. The summed E-state index contributed by atoms with van der Waals surface area (Å²) < 4.78 is 1.55. The number of aromatic amines is 1. The molecule has 1 aromatic carbocycles. The number of benzene rings is 1. The van der Waals surface area contributed by atoms with Crippen molar-refractivity contribution < 1.29 is 4.79 Å². The highest BCUT2D eigenvalue weighted by molar-refractivity contribution is 6.30. The summed E-state index contributed by atoms with van der Waals surface area (Å²) in [7, 11) is 0. The van der Waals surface area contributed by atoms with Crippen molar-refractivity contribution in [1.82, 2.24) is 14.8 Å². The van der Waals surface area contributed by atoms with Gasteiger partial charge in [-0.3, -0.25) is 9.59 Å². The average Bonchev–Trinajstić information content (AvgIpc) is 2.84. The average molecular weight is 289 g/mol. The number of primary amides is 1. The topological polar surface area (TPSA) is 93.8 Å². The van der Waals surface area contributed by atoms with Crippen LogP contribution in [0, 0.1) is 0 Å². The van der Waals surface area contributed by atoms with E-state index in [1.807, 2.05) is 0 Å². The molecule has 0 saturated carbocycles. The number of amides is 1. The molecule has 6 nitrogen and oxygen atoms in total. The number of rotatable bonds is 2. The zero-order valence-corrected chi connectivity index (χ0v) is 10.9. The van der Waals surface area contributed by atoms with E-state index in [1.165, 1.54) is 12.4 Å². The Hall–Kier alpha value is -2.60. The van der Waals surface area contributed by atoms with E-state index in [1.54, 1.807) is 28.9 Å². The molecule has 3 aromatic rings. The minimum atomic E-state index is -0.771. The molecule has 0 spiro atoms. The van der Waals surface area contributed by atoms with E-state index in [2.05, 4.69) is 10.1 Å². The second-order valence-electron chi connectivity index (χ2n) is 4.19. The Morgan fingerprint density at radius 1 is 1.30 bits per heavy atom. The highest BCUT2D eigenvalue weighted by Crippen LogP contribution is 2.16. The Morgan fingerprint density at radius 3 is 2.65 bits per heavy atom. The lowest BCUT2D eigenvalue weighted by molar-refractivity contribution is 0.0999. The van der Waals surface area contributed by atoms with Gasteiger partial charge in [0.1, 0.15) is 11.2 Å². The summed E-state index contributed by atoms with van der Waals surface area (Å²) in [6.07, 6.45) is 2.69. The lowest BCUT2D eigenvalue weighted by Crippen LogP contribution is -2.21. The quantitative estimate of drug-likeness (QED) is 0.747. The van der Waals surface area contributed by atoms with Crippen LogP contribution in [0.3, 0.4) is 0 Å². The van der Waals surface area contributed by atoms with Crippen molar-refractivity contribution in [2.24, 2.45) is 5.73 Å². The monoisotopic (exact) mass is 288 g/mol. The molecule has 0 aliphatic carbocycles. The van der Waals surface area contributed by atoms with Crippen LogP contribution in [0.5, 0.6) is 0 Å². The maximum Gasteiger partial charge on any atom is 0.254 e. The first-order chi connectivity index (χ1) is 9.58. The van der Waals surface area contributed by atoms with Crippen molar-refractivity contribution in [3.63, 3.8) is 0 Å². The van der Waals surface area contributed by atoms with Gasteiger partial charge in [0, 0.05) is 11.2 Å². The number of hydrogen-bond donors (Lipinski definition) is 2. The third kappa shape index (κ3) is 1.86. The second kappa shape index (κ2) is 4.50. The van der Waals surface area contributed by atoms with Crippen molar-refractivity contribution >= 4 is 28.5 Å². The van der Waals surface area contributed by atoms with Crippen molar-refractivity contribution in [2.75, 3.05) is 0 Å². The normalized spacial score (nSPS) is 10.8. The van der Waals surface area contributed by atoms with E-state index in [-0.39, 0.29) is 5.56 Å². The van der Waals surface area contributed by atoms with E-state index in [0.29, 0.717) is 16.1 Å². The van der Waals surface area contributed by atoms with Crippen LogP contribution in [-0.2, 0) is 0 Å². The van der Waals surface area contributed by atoms with E-state index in [9.17, 15) is 9.59 Å². The van der Waals surface area contributed by atoms with Crippen molar-refractivity contribution in [1.29, 1.82) is 0 Å². The first-order valence-corrected chi connectivity index (χ1v) is 6.11. The van der Waals surface area contributed by atoms with E-state index in [4.69, 9.17) is 17.3 Å². The number of fused-ring (bicyclic) bond motifs is 1. The summed E-state index contributed by atoms with van der Waals surface area (Å²) in [6, 6.07) is 6.99. The van der Waals surface area contributed by atoms with Gasteiger partial charge in [0.25, 0.3) is 5.91 Å². The minimum absolute atomic E-state index is 0.0897. The lowest BCUT2D eigenvalue weighted by Gasteiger charge is -2.03. The van der Waals surface area contributed by atoms with Crippen molar-refractivity contribution in [3.8, 4) is 5.69 Å². The van der Waals surface area contributed by atoms with Crippen LogP contribution >= 0.6 is 11.6 Å². The summed E-state index contributed by atoms with van der Waals surface area (Å²) in [5, 5.41) is 5.06.